The van der Waals surface area contributed by atoms with E-state index < -0.39 is 7.14 Å². The Bertz CT molecular complexity index is 1480. The lowest BCUT2D eigenvalue weighted by atomic mass is 10.0. The molecule has 1 unspecified atom stereocenters. The maximum Gasteiger partial charge on any atom is 0.219 e. The molecule has 0 radical (unpaired) electrons. The number of fused-ring (bicyclic) bond motifs is 3. The lowest BCUT2D eigenvalue weighted by Gasteiger charge is -2.31. The molecule has 1 saturated heterocycles. The third-order valence-electron chi connectivity index (χ3n) is 8.44. The second kappa shape index (κ2) is 9.58. The Kier molecular flexibility index (Phi) is 6.36. The van der Waals surface area contributed by atoms with Crippen LogP contribution in [0.2, 0.25) is 0 Å². The topological polar surface area (TPSA) is 74.5 Å². The Morgan fingerprint density at radius 1 is 1.18 bits per heavy atom. The summed E-state index contributed by atoms with van der Waals surface area (Å²) in [5, 5.41) is 22.0. The van der Waals surface area contributed by atoms with Crippen LogP contribution < -0.4 is 20.3 Å². The van der Waals surface area contributed by atoms with Crippen LogP contribution in [0.5, 0.6) is 0 Å². The number of nitrogens with one attached hydrogen (secondary N) is 2. The van der Waals surface area contributed by atoms with E-state index in [4.69, 9.17) is 0 Å². The van der Waals surface area contributed by atoms with Gasteiger partial charge in [-0.05, 0) is 61.9 Å². The van der Waals surface area contributed by atoms with Crippen molar-refractivity contribution in [1.82, 2.24) is 4.90 Å². The first kappa shape index (κ1) is 25.2. The van der Waals surface area contributed by atoms with Gasteiger partial charge in [0, 0.05) is 62.0 Å². The van der Waals surface area contributed by atoms with Crippen molar-refractivity contribution in [1.29, 1.82) is 0 Å². The Morgan fingerprint density at radius 2 is 1.95 bits per heavy atom. The van der Waals surface area contributed by atoms with Gasteiger partial charge in [0.05, 0.1) is 23.9 Å². The summed E-state index contributed by atoms with van der Waals surface area (Å²) in [7, 11) is 0.0455. The minimum Gasteiger partial charge on any atom is -0.618 e. The van der Waals surface area contributed by atoms with Crippen molar-refractivity contribution in [2.24, 2.45) is 0 Å². The van der Waals surface area contributed by atoms with Crippen LogP contribution in [-0.4, -0.2) is 55.9 Å². The van der Waals surface area contributed by atoms with Crippen molar-refractivity contribution < 1.29 is 13.7 Å². The fraction of sp³-hybridized carbons (Fsp3) is 0.414. The van der Waals surface area contributed by atoms with E-state index in [1.54, 1.807) is 12.3 Å². The van der Waals surface area contributed by atoms with Crippen molar-refractivity contribution >= 4 is 41.1 Å². The maximum atomic E-state index is 13.6. The molecule has 38 heavy (non-hydrogen) atoms. The van der Waals surface area contributed by atoms with Gasteiger partial charge in [-0.2, -0.15) is 4.73 Å². The summed E-state index contributed by atoms with van der Waals surface area (Å²) in [5.74, 6) is -0.259. The predicted octanol–water partition coefficient (Wildman–Crippen LogP) is 5.34. The van der Waals surface area contributed by atoms with E-state index in [2.05, 4.69) is 38.6 Å². The summed E-state index contributed by atoms with van der Waals surface area (Å²) in [5.41, 5.74) is 5.65. The van der Waals surface area contributed by atoms with Gasteiger partial charge in [0.15, 0.2) is 12.5 Å². The zero-order valence-corrected chi connectivity index (χ0v) is 23.1. The summed E-state index contributed by atoms with van der Waals surface area (Å²) in [6.07, 6.45) is 9.40. The van der Waals surface area contributed by atoms with Gasteiger partial charge in [-0.15, -0.1) is 0 Å². The molecule has 1 aliphatic carbocycles. The third-order valence-corrected chi connectivity index (χ3v) is 12.2. The van der Waals surface area contributed by atoms with Crippen LogP contribution in [0, 0.1) is 24.9 Å². The average Bonchev–Trinajstić information content (AvgIpc) is 3.70. The number of anilines is 3. The highest BCUT2D eigenvalue weighted by Gasteiger charge is 2.42. The summed E-state index contributed by atoms with van der Waals surface area (Å²) in [6, 6.07) is 8.81. The van der Waals surface area contributed by atoms with Crippen LogP contribution in [0.15, 0.2) is 42.6 Å². The Morgan fingerprint density at radius 3 is 2.66 bits per heavy atom. The number of nitrogens with zero attached hydrogens (tertiary/aromatic N) is 3. The molecule has 7 nitrogen and oxygen atoms in total. The highest BCUT2D eigenvalue weighted by Crippen LogP contribution is 2.61. The monoisotopic (exact) mass is 535 g/mol. The Balaban J connectivity index is 1.20. The summed E-state index contributed by atoms with van der Waals surface area (Å²) in [4.78, 5) is 4.41. The molecule has 0 spiro atoms. The summed E-state index contributed by atoms with van der Waals surface area (Å²) < 4.78 is 27.5. The fourth-order valence-corrected chi connectivity index (χ4v) is 9.23. The molecule has 2 N–H and O–H groups in total. The van der Waals surface area contributed by atoms with Gasteiger partial charge in [-0.1, -0.05) is 12.1 Å². The number of hydrogen-bond acceptors (Lipinski definition) is 6. The van der Waals surface area contributed by atoms with E-state index in [0.29, 0.717) is 11.4 Å². The lowest BCUT2D eigenvalue weighted by Crippen LogP contribution is -2.39. The average molecular weight is 536 g/mol. The molecule has 6 rings (SSSR count). The molecule has 0 amide bonds. The molecule has 1 saturated carbocycles. The molecule has 1 atom stereocenters. The predicted molar refractivity (Wildman–Crippen MR) is 154 cm³/mol. The van der Waals surface area contributed by atoms with E-state index in [1.807, 2.05) is 27.0 Å². The molecule has 2 fully saturated rings. The van der Waals surface area contributed by atoms with Gasteiger partial charge in [0.2, 0.25) is 5.69 Å². The highest BCUT2D eigenvalue weighted by atomic mass is 31.2. The fourth-order valence-electron chi connectivity index (χ4n) is 5.94. The van der Waals surface area contributed by atoms with Crippen molar-refractivity contribution in [2.45, 2.75) is 38.6 Å². The molecule has 3 aromatic rings. The molecule has 2 aliphatic heterocycles. The zero-order chi connectivity index (χ0) is 26.6. The van der Waals surface area contributed by atoms with E-state index in [1.165, 1.54) is 12.1 Å². The van der Waals surface area contributed by atoms with Gasteiger partial charge >= 0.3 is 0 Å². The van der Waals surface area contributed by atoms with E-state index in [0.717, 1.165) is 88.5 Å². The van der Waals surface area contributed by atoms with Crippen LogP contribution in [0.3, 0.4) is 0 Å². The maximum absolute atomic E-state index is 13.6. The minimum absolute atomic E-state index is 0.237. The SMILES string of the molecule is Cc1cc(F)ccc1NC1Nc2ccc3c(C)c(C=CCN4CCP(=O)(C5CC5)CC4)[n+]([O-])cc3c2N1C. The largest absolute Gasteiger partial charge is 0.618 e. The highest BCUT2D eigenvalue weighted by molar-refractivity contribution is 7.65. The van der Waals surface area contributed by atoms with Crippen LogP contribution in [0.1, 0.15) is 29.7 Å². The number of pyridine rings is 1. The molecule has 9 heteroatoms. The van der Waals surface area contributed by atoms with Crippen molar-refractivity contribution in [2.75, 3.05) is 54.5 Å². The smallest absolute Gasteiger partial charge is 0.219 e. The van der Waals surface area contributed by atoms with Crippen LogP contribution >= 0.6 is 7.14 Å². The van der Waals surface area contributed by atoms with Gasteiger partial charge in [0.1, 0.15) is 5.82 Å². The summed E-state index contributed by atoms with van der Waals surface area (Å²) in [6.45, 7) is 6.39. The second-order valence-electron chi connectivity index (χ2n) is 11.0. The quantitative estimate of drug-likeness (QED) is 0.252. The van der Waals surface area contributed by atoms with Gasteiger partial charge in [-0.25, -0.2) is 4.39 Å². The van der Waals surface area contributed by atoms with Gasteiger partial charge in [0.25, 0.3) is 0 Å². The van der Waals surface area contributed by atoms with Gasteiger partial charge < -0.3 is 25.3 Å². The van der Waals surface area contributed by atoms with E-state index >= 15 is 0 Å². The molecule has 0 bridgehead atoms. The molecule has 1 aromatic heterocycles. The third kappa shape index (κ3) is 4.54. The number of benzene rings is 2. The second-order valence-corrected chi connectivity index (χ2v) is 14.5. The zero-order valence-electron chi connectivity index (χ0n) is 22.2. The molecular formula is C29H35FN5O2P. The van der Waals surface area contributed by atoms with Crippen LogP contribution in [0.4, 0.5) is 21.5 Å². The first-order valence-corrected chi connectivity index (χ1v) is 15.6. The number of hydrogen-bond donors (Lipinski definition) is 2. The summed E-state index contributed by atoms with van der Waals surface area (Å²) >= 11 is 0. The first-order valence-electron chi connectivity index (χ1n) is 13.4. The van der Waals surface area contributed by atoms with Crippen molar-refractivity contribution in [3.05, 3.63) is 70.5 Å². The van der Waals surface area contributed by atoms with E-state index in [-0.39, 0.29) is 12.1 Å². The number of aryl methyl sites for hydroxylation is 2. The standard InChI is InChI=1S/C29H35FN5O2P/c1-19-17-21(30)6-10-25(19)31-29-32-26-11-9-23-20(2)27(35(36)18-24(23)28(26)33(29)3)5-4-12-34-13-15-38(37,16-14-34)22-7-8-22/h4-6,9-11,17-18,22,29,31-32H,7-8,12-16H2,1-3H3. The normalized spacial score (nSPS) is 21.2. The lowest BCUT2D eigenvalue weighted by molar-refractivity contribution is -0.606. The first-order chi connectivity index (χ1) is 18.2. The molecule has 3 aliphatic rings. The molecular weight excluding hydrogens is 500 g/mol. The minimum atomic E-state index is -1.93. The Labute approximate surface area is 223 Å². The van der Waals surface area contributed by atoms with Gasteiger partial charge in [-0.3, -0.25) is 4.90 Å². The Hall–Kier alpha value is -3.09. The molecule has 2 aromatic carbocycles. The number of rotatable bonds is 6. The van der Waals surface area contributed by atoms with Crippen LogP contribution in [0.25, 0.3) is 16.8 Å². The number of halogens is 1. The van der Waals surface area contributed by atoms with Crippen molar-refractivity contribution in [3.63, 3.8) is 0 Å². The molecule has 200 valence electrons. The number of aromatic nitrogens is 1. The van der Waals surface area contributed by atoms with E-state index in [9.17, 15) is 14.2 Å². The van der Waals surface area contributed by atoms with Crippen molar-refractivity contribution in [3.8, 4) is 0 Å². The van der Waals surface area contributed by atoms with Crippen LogP contribution in [-0.2, 0) is 4.57 Å². The molecule has 3 heterocycles.